The van der Waals surface area contributed by atoms with Gasteiger partial charge < -0.3 is 9.64 Å². The molecule has 1 aliphatic rings. The fourth-order valence-corrected chi connectivity index (χ4v) is 2.62. The Morgan fingerprint density at radius 2 is 2.25 bits per heavy atom. The monoisotopic (exact) mass is 331 g/mol. The average Bonchev–Trinajstić information content (AvgIpc) is 2.77. The molecule has 1 aromatic rings. The van der Waals surface area contributed by atoms with E-state index in [2.05, 4.69) is 22.6 Å². The molecule has 1 aliphatic heterocycles. The Balaban J connectivity index is 2.22. The molecule has 1 amide bonds. The van der Waals surface area contributed by atoms with Crippen molar-refractivity contribution in [2.45, 2.75) is 19.1 Å². The van der Waals surface area contributed by atoms with Crippen LogP contribution in [0.25, 0.3) is 0 Å². The van der Waals surface area contributed by atoms with Crippen LogP contribution < -0.4 is 0 Å². The molecule has 4 heteroatoms. The molecule has 86 valence electrons. The number of halogens is 1. The van der Waals surface area contributed by atoms with Gasteiger partial charge in [0.2, 0.25) is 0 Å². The lowest BCUT2D eigenvalue weighted by Gasteiger charge is -2.23. The van der Waals surface area contributed by atoms with E-state index in [4.69, 9.17) is 4.74 Å². The molecule has 0 bridgehead atoms. The zero-order valence-electron chi connectivity index (χ0n) is 9.15. The second-order valence-electron chi connectivity index (χ2n) is 3.81. The van der Waals surface area contributed by atoms with E-state index >= 15 is 0 Å². The first-order valence-corrected chi connectivity index (χ1v) is 6.40. The topological polar surface area (TPSA) is 29.5 Å². The van der Waals surface area contributed by atoms with Gasteiger partial charge in [-0.05, 0) is 47.6 Å². The van der Waals surface area contributed by atoms with Gasteiger partial charge in [-0.2, -0.15) is 0 Å². The second-order valence-corrected chi connectivity index (χ2v) is 4.97. The molecule has 1 saturated heterocycles. The van der Waals surface area contributed by atoms with Crippen LogP contribution in [0.15, 0.2) is 24.3 Å². The number of likely N-dealkylation sites (tertiary alicyclic amines) is 1. The van der Waals surface area contributed by atoms with Gasteiger partial charge in [0.15, 0.2) is 0 Å². The van der Waals surface area contributed by atoms with E-state index in [0.29, 0.717) is 0 Å². The number of nitrogens with zero attached hydrogens (tertiary/aromatic N) is 1. The third kappa shape index (κ3) is 2.22. The van der Waals surface area contributed by atoms with Crippen molar-refractivity contribution in [3.05, 3.63) is 33.4 Å². The van der Waals surface area contributed by atoms with Crippen molar-refractivity contribution in [2.24, 2.45) is 0 Å². The van der Waals surface area contributed by atoms with E-state index in [0.717, 1.165) is 28.5 Å². The van der Waals surface area contributed by atoms with Gasteiger partial charge in [-0.25, -0.2) is 0 Å². The molecule has 0 N–H and O–H groups in total. The molecule has 1 heterocycles. The van der Waals surface area contributed by atoms with Gasteiger partial charge in [-0.1, -0.05) is 12.1 Å². The molecule has 0 radical (unpaired) electrons. The SMILES string of the molecule is COC1CCCN1C(=O)c1ccccc1I. The standard InChI is InChI=1S/C12H14INO2/c1-16-11-7-4-8-14(11)12(15)9-5-2-3-6-10(9)13/h2-3,5-6,11H,4,7-8H2,1H3. The summed E-state index contributed by atoms with van der Waals surface area (Å²) in [6.07, 6.45) is 1.91. The van der Waals surface area contributed by atoms with Crippen LogP contribution in [-0.2, 0) is 4.74 Å². The highest BCUT2D eigenvalue weighted by Crippen LogP contribution is 2.22. The highest BCUT2D eigenvalue weighted by molar-refractivity contribution is 14.1. The number of methoxy groups -OCH3 is 1. The fourth-order valence-electron chi connectivity index (χ4n) is 2.00. The first-order valence-electron chi connectivity index (χ1n) is 5.32. The highest BCUT2D eigenvalue weighted by atomic mass is 127. The molecular formula is C12H14INO2. The third-order valence-corrected chi connectivity index (χ3v) is 3.78. The summed E-state index contributed by atoms with van der Waals surface area (Å²) in [5.74, 6) is 0.0781. The van der Waals surface area contributed by atoms with Crippen molar-refractivity contribution in [1.29, 1.82) is 0 Å². The Bertz CT molecular complexity index is 394. The molecule has 0 aliphatic carbocycles. The summed E-state index contributed by atoms with van der Waals surface area (Å²) < 4.78 is 6.30. The third-order valence-electron chi connectivity index (χ3n) is 2.83. The van der Waals surface area contributed by atoms with Crippen LogP contribution in [0.3, 0.4) is 0 Å². The van der Waals surface area contributed by atoms with Gasteiger partial charge in [0.25, 0.3) is 5.91 Å². The maximum absolute atomic E-state index is 12.3. The molecule has 0 aromatic heterocycles. The minimum Gasteiger partial charge on any atom is -0.362 e. The van der Waals surface area contributed by atoms with Crippen LogP contribution in [0.1, 0.15) is 23.2 Å². The molecule has 16 heavy (non-hydrogen) atoms. The van der Waals surface area contributed by atoms with Crippen molar-refractivity contribution in [2.75, 3.05) is 13.7 Å². The molecule has 0 spiro atoms. The Morgan fingerprint density at radius 3 is 2.94 bits per heavy atom. The first-order chi connectivity index (χ1) is 7.74. The van der Waals surface area contributed by atoms with E-state index in [1.807, 2.05) is 29.2 Å². The van der Waals surface area contributed by atoms with E-state index in [1.165, 1.54) is 0 Å². The minimum atomic E-state index is -0.0523. The quantitative estimate of drug-likeness (QED) is 0.780. The lowest BCUT2D eigenvalue weighted by atomic mass is 10.2. The molecule has 2 rings (SSSR count). The summed E-state index contributed by atoms with van der Waals surface area (Å²) in [7, 11) is 1.66. The molecule has 1 aromatic carbocycles. The predicted octanol–water partition coefficient (Wildman–Crippen LogP) is 2.50. The first kappa shape index (κ1) is 11.9. The lowest BCUT2D eigenvalue weighted by molar-refractivity contribution is 0.00160. The zero-order valence-corrected chi connectivity index (χ0v) is 11.3. The summed E-state index contributed by atoms with van der Waals surface area (Å²) in [6, 6.07) is 7.66. The number of benzene rings is 1. The van der Waals surface area contributed by atoms with Crippen LogP contribution in [0.2, 0.25) is 0 Å². The van der Waals surface area contributed by atoms with Gasteiger partial charge in [0, 0.05) is 17.2 Å². The van der Waals surface area contributed by atoms with E-state index in [1.54, 1.807) is 7.11 Å². The average molecular weight is 331 g/mol. The van der Waals surface area contributed by atoms with Crippen molar-refractivity contribution in [1.82, 2.24) is 4.90 Å². The zero-order chi connectivity index (χ0) is 11.5. The molecular weight excluding hydrogens is 317 g/mol. The Labute approximate surface area is 109 Å². The maximum atomic E-state index is 12.3. The van der Waals surface area contributed by atoms with Gasteiger partial charge in [-0.15, -0.1) is 0 Å². The number of ether oxygens (including phenoxy) is 1. The van der Waals surface area contributed by atoms with Crippen LogP contribution in [-0.4, -0.2) is 30.7 Å². The molecule has 3 nitrogen and oxygen atoms in total. The number of rotatable bonds is 2. The number of amides is 1. The van der Waals surface area contributed by atoms with Gasteiger partial charge in [0.05, 0.1) is 5.56 Å². The normalized spacial score (nSPS) is 20.1. The molecule has 0 saturated carbocycles. The molecule has 1 unspecified atom stereocenters. The van der Waals surface area contributed by atoms with E-state index in [-0.39, 0.29) is 12.1 Å². The Morgan fingerprint density at radius 1 is 1.50 bits per heavy atom. The summed E-state index contributed by atoms with van der Waals surface area (Å²) in [5.41, 5.74) is 0.770. The fraction of sp³-hybridized carbons (Fsp3) is 0.417. The molecule has 1 fully saturated rings. The predicted molar refractivity (Wildman–Crippen MR) is 70.2 cm³/mol. The van der Waals surface area contributed by atoms with E-state index in [9.17, 15) is 4.79 Å². The maximum Gasteiger partial charge on any atom is 0.256 e. The van der Waals surface area contributed by atoms with Gasteiger partial charge in [0.1, 0.15) is 6.23 Å². The number of hydrogen-bond donors (Lipinski definition) is 0. The van der Waals surface area contributed by atoms with Crippen molar-refractivity contribution in [3.8, 4) is 0 Å². The number of carbonyl (C=O) groups is 1. The number of hydrogen-bond acceptors (Lipinski definition) is 2. The summed E-state index contributed by atoms with van der Waals surface area (Å²) in [5, 5.41) is 0. The largest absolute Gasteiger partial charge is 0.362 e. The highest BCUT2D eigenvalue weighted by Gasteiger charge is 2.29. The van der Waals surface area contributed by atoms with Crippen LogP contribution in [0.5, 0.6) is 0 Å². The van der Waals surface area contributed by atoms with Crippen LogP contribution in [0.4, 0.5) is 0 Å². The van der Waals surface area contributed by atoms with Crippen molar-refractivity contribution < 1.29 is 9.53 Å². The minimum absolute atomic E-state index is 0.0523. The number of carbonyl (C=O) groups excluding carboxylic acids is 1. The van der Waals surface area contributed by atoms with Gasteiger partial charge >= 0.3 is 0 Å². The van der Waals surface area contributed by atoms with Crippen molar-refractivity contribution in [3.63, 3.8) is 0 Å². The van der Waals surface area contributed by atoms with Crippen LogP contribution in [0, 0.1) is 3.57 Å². The summed E-state index contributed by atoms with van der Waals surface area (Å²) >= 11 is 2.19. The molecule has 1 atom stereocenters. The smallest absolute Gasteiger partial charge is 0.256 e. The lowest BCUT2D eigenvalue weighted by Crippen LogP contribution is -2.36. The van der Waals surface area contributed by atoms with Crippen LogP contribution >= 0.6 is 22.6 Å². The summed E-state index contributed by atoms with van der Waals surface area (Å²) in [6.45, 7) is 0.794. The Hall–Kier alpha value is -0.620. The van der Waals surface area contributed by atoms with E-state index < -0.39 is 0 Å². The Kier molecular flexibility index (Phi) is 3.81. The second kappa shape index (κ2) is 5.14. The van der Waals surface area contributed by atoms with Crippen molar-refractivity contribution >= 4 is 28.5 Å². The summed E-state index contributed by atoms with van der Waals surface area (Å²) in [4.78, 5) is 14.1. The van der Waals surface area contributed by atoms with Gasteiger partial charge in [-0.3, -0.25) is 4.79 Å².